The Labute approximate surface area is 301 Å². The van der Waals surface area contributed by atoms with E-state index in [4.69, 9.17) is 9.47 Å². The Morgan fingerprint density at radius 2 is 0.833 bits per heavy atom. The lowest BCUT2D eigenvalue weighted by Gasteiger charge is -2.15. The standard InChI is InChI=1S/C44H86O4/c1-3-5-7-9-11-13-15-16-17-18-19-20-21-22-23-24-25-26-27-28-30-32-34-36-38-40-47-42-43(41-45)48-44(46)39-37-35-33-31-29-14-12-10-8-6-4-2/h10,12,43,45H,3-9,11,13-42H2,1-2H3/b12-10-. The molecule has 0 saturated heterocycles. The molecule has 1 unspecified atom stereocenters. The van der Waals surface area contributed by atoms with Gasteiger partial charge in [-0.3, -0.25) is 4.79 Å². The molecule has 0 spiro atoms. The summed E-state index contributed by atoms with van der Waals surface area (Å²) in [7, 11) is 0. The van der Waals surface area contributed by atoms with Gasteiger partial charge in [0.2, 0.25) is 0 Å². The first kappa shape index (κ1) is 47.1. The fraction of sp³-hybridized carbons (Fsp3) is 0.932. The van der Waals surface area contributed by atoms with Crippen LogP contribution in [0.15, 0.2) is 12.2 Å². The zero-order valence-corrected chi connectivity index (χ0v) is 32.8. The van der Waals surface area contributed by atoms with Crippen LogP contribution in [-0.2, 0) is 14.3 Å². The van der Waals surface area contributed by atoms with E-state index >= 15 is 0 Å². The summed E-state index contributed by atoms with van der Waals surface area (Å²) >= 11 is 0. The normalized spacial score (nSPS) is 12.3. The van der Waals surface area contributed by atoms with E-state index in [2.05, 4.69) is 26.0 Å². The highest BCUT2D eigenvalue weighted by Gasteiger charge is 2.13. The lowest BCUT2D eigenvalue weighted by atomic mass is 10.0. The van der Waals surface area contributed by atoms with Crippen molar-refractivity contribution in [3.63, 3.8) is 0 Å². The molecule has 0 bridgehead atoms. The molecule has 4 nitrogen and oxygen atoms in total. The van der Waals surface area contributed by atoms with Crippen LogP contribution in [0.2, 0.25) is 0 Å². The maximum Gasteiger partial charge on any atom is 0.306 e. The summed E-state index contributed by atoms with van der Waals surface area (Å²) in [5.41, 5.74) is 0. The van der Waals surface area contributed by atoms with Crippen LogP contribution in [0.1, 0.15) is 239 Å². The molecule has 0 saturated carbocycles. The summed E-state index contributed by atoms with van der Waals surface area (Å²) in [5, 5.41) is 9.57. The second-order valence-electron chi connectivity index (χ2n) is 14.8. The highest BCUT2D eigenvalue weighted by molar-refractivity contribution is 5.69. The molecule has 286 valence electrons. The monoisotopic (exact) mass is 679 g/mol. The molecule has 1 N–H and O–H groups in total. The van der Waals surface area contributed by atoms with Crippen LogP contribution in [0.25, 0.3) is 0 Å². The van der Waals surface area contributed by atoms with Crippen molar-refractivity contribution in [2.75, 3.05) is 19.8 Å². The Balaban J connectivity index is 3.31. The van der Waals surface area contributed by atoms with Gasteiger partial charge in [-0.2, -0.15) is 0 Å². The minimum Gasteiger partial charge on any atom is -0.457 e. The Bertz CT molecular complexity index is 633. The van der Waals surface area contributed by atoms with Gasteiger partial charge < -0.3 is 14.6 Å². The molecular formula is C44H86O4. The zero-order valence-electron chi connectivity index (χ0n) is 32.8. The van der Waals surface area contributed by atoms with E-state index in [1.54, 1.807) is 0 Å². The van der Waals surface area contributed by atoms with Crippen LogP contribution in [0, 0.1) is 0 Å². The highest BCUT2D eigenvalue weighted by atomic mass is 16.6. The molecule has 1 atom stereocenters. The number of carbonyl (C=O) groups excluding carboxylic acids is 1. The third kappa shape index (κ3) is 39.6. The van der Waals surface area contributed by atoms with E-state index in [9.17, 15) is 9.90 Å². The van der Waals surface area contributed by atoms with E-state index in [1.165, 1.54) is 199 Å². The molecule has 48 heavy (non-hydrogen) atoms. The van der Waals surface area contributed by atoms with E-state index in [0.717, 1.165) is 19.3 Å². The topological polar surface area (TPSA) is 55.8 Å². The highest BCUT2D eigenvalue weighted by Crippen LogP contribution is 2.16. The Hall–Kier alpha value is -0.870. The zero-order chi connectivity index (χ0) is 34.9. The molecule has 0 radical (unpaired) electrons. The van der Waals surface area contributed by atoms with Crippen molar-refractivity contribution >= 4 is 5.97 Å². The predicted octanol–water partition coefficient (Wildman–Crippen LogP) is 14.2. The van der Waals surface area contributed by atoms with Crippen molar-refractivity contribution in [3.8, 4) is 0 Å². The molecule has 0 aliphatic carbocycles. The quantitative estimate of drug-likeness (QED) is 0.0397. The van der Waals surface area contributed by atoms with Gasteiger partial charge in [0.1, 0.15) is 6.10 Å². The number of ether oxygens (including phenoxy) is 2. The lowest BCUT2D eigenvalue weighted by molar-refractivity contribution is -0.154. The SMILES string of the molecule is CCCC/C=C\CCCCCCCC(=O)OC(CO)COCCCCCCCCCCCCCCCCCCCCCCCCCCC. The molecule has 0 aliphatic heterocycles. The number of aliphatic hydroxyl groups excluding tert-OH is 1. The third-order valence-electron chi connectivity index (χ3n) is 9.84. The average molecular weight is 679 g/mol. The van der Waals surface area contributed by atoms with E-state index in [1.807, 2.05) is 0 Å². The van der Waals surface area contributed by atoms with Crippen molar-refractivity contribution < 1.29 is 19.4 Å². The van der Waals surface area contributed by atoms with Gasteiger partial charge in [-0.05, 0) is 32.1 Å². The number of aliphatic hydroxyl groups is 1. The maximum absolute atomic E-state index is 12.1. The summed E-state index contributed by atoms with van der Waals surface area (Å²) in [6, 6.07) is 0. The fourth-order valence-electron chi connectivity index (χ4n) is 6.55. The summed E-state index contributed by atoms with van der Waals surface area (Å²) in [6.45, 7) is 5.34. The van der Waals surface area contributed by atoms with Gasteiger partial charge in [0, 0.05) is 13.0 Å². The molecule has 0 aromatic rings. The summed E-state index contributed by atoms with van der Waals surface area (Å²) in [6.07, 6.45) is 50.0. The second kappa shape index (κ2) is 42.3. The van der Waals surface area contributed by atoms with Gasteiger partial charge in [-0.25, -0.2) is 0 Å². The smallest absolute Gasteiger partial charge is 0.306 e. The number of esters is 1. The molecule has 0 aromatic heterocycles. The molecule has 0 amide bonds. The minimum atomic E-state index is -0.531. The first-order valence-corrected chi connectivity index (χ1v) is 21.8. The van der Waals surface area contributed by atoms with E-state index < -0.39 is 6.10 Å². The van der Waals surface area contributed by atoms with E-state index in [0.29, 0.717) is 19.6 Å². The molecule has 0 heterocycles. The van der Waals surface area contributed by atoms with Gasteiger partial charge in [0.25, 0.3) is 0 Å². The summed E-state index contributed by atoms with van der Waals surface area (Å²) in [5.74, 6) is -0.207. The van der Waals surface area contributed by atoms with Crippen LogP contribution in [-0.4, -0.2) is 37.0 Å². The van der Waals surface area contributed by atoms with Crippen LogP contribution in [0.5, 0.6) is 0 Å². The van der Waals surface area contributed by atoms with Gasteiger partial charge in [0.15, 0.2) is 0 Å². The molecule has 0 fully saturated rings. The van der Waals surface area contributed by atoms with Crippen LogP contribution in [0.3, 0.4) is 0 Å². The number of allylic oxidation sites excluding steroid dienone is 2. The number of hydrogen-bond acceptors (Lipinski definition) is 4. The molecule has 0 rings (SSSR count). The average Bonchev–Trinajstić information content (AvgIpc) is 3.09. The van der Waals surface area contributed by atoms with Crippen molar-refractivity contribution in [2.24, 2.45) is 0 Å². The molecule has 0 aromatic carbocycles. The van der Waals surface area contributed by atoms with Gasteiger partial charge in [0.05, 0.1) is 13.2 Å². The maximum atomic E-state index is 12.1. The van der Waals surface area contributed by atoms with Gasteiger partial charge >= 0.3 is 5.97 Å². The summed E-state index contributed by atoms with van der Waals surface area (Å²) in [4.78, 5) is 12.1. The Morgan fingerprint density at radius 3 is 1.25 bits per heavy atom. The predicted molar refractivity (Wildman–Crippen MR) is 210 cm³/mol. The number of rotatable bonds is 41. The number of carbonyl (C=O) groups is 1. The molecule has 4 heteroatoms. The molecule has 0 aliphatic rings. The van der Waals surface area contributed by atoms with Gasteiger partial charge in [-0.15, -0.1) is 0 Å². The van der Waals surface area contributed by atoms with Crippen LogP contribution < -0.4 is 0 Å². The van der Waals surface area contributed by atoms with Gasteiger partial charge in [-0.1, -0.05) is 212 Å². The fourth-order valence-corrected chi connectivity index (χ4v) is 6.55. The van der Waals surface area contributed by atoms with E-state index in [-0.39, 0.29) is 12.6 Å². The van der Waals surface area contributed by atoms with Crippen LogP contribution in [0.4, 0.5) is 0 Å². The lowest BCUT2D eigenvalue weighted by Crippen LogP contribution is -2.27. The number of unbranched alkanes of at least 4 members (excludes halogenated alkanes) is 31. The van der Waals surface area contributed by atoms with Crippen molar-refractivity contribution in [3.05, 3.63) is 12.2 Å². The Kier molecular flexibility index (Phi) is 41.5. The Morgan fingerprint density at radius 1 is 0.479 bits per heavy atom. The van der Waals surface area contributed by atoms with Crippen molar-refractivity contribution in [1.82, 2.24) is 0 Å². The first-order valence-electron chi connectivity index (χ1n) is 21.8. The largest absolute Gasteiger partial charge is 0.457 e. The van der Waals surface area contributed by atoms with Crippen molar-refractivity contribution in [1.29, 1.82) is 0 Å². The molecular weight excluding hydrogens is 592 g/mol. The first-order chi connectivity index (χ1) is 23.7. The number of hydrogen-bond donors (Lipinski definition) is 1. The third-order valence-corrected chi connectivity index (χ3v) is 9.84. The summed E-state index contributed by atoms with van der Waals surface area (Å²) < 4.78 is 11.1. The second-order valence-corrected chi connectivity index (χ2v) is 14.8. The van der Waals surface area contributed by atoms with Crippen LogP contribution >= 0.6 is 0 Å². The minimum absolute atomic E-state index is 0.170. The van der Waals surface area contributed by atoms with Crippen molar-refractivity contribution in [2.45, 2.75) is 245 Å².